The third kappa shape index (κ3) is 4.71. The van der Waals surface area contributed by atoms with Crippen LogP contribution in [0.4, 0.5) is 0 Å². The monoisotopic (exact) mass is 266 g/mol. The van der Waals surface area contributed by atoms with Crippen LogP contribution in [0.2, 0.25) is 0 Å². The lowest BCUT2D eigenvalue weighted by Gasteiger charge is -2.08. The summed E-state index contributed by atoms with van der Waals surface area (Å²) in [7, 11) is 0. The van der Waals surface area contributed by atoms with Crippen molar-refractivity contribution in [1.29, 1.82) is 5.26 Å². The Balaban J connectivity index is 2.53. The summed E-state index contributed by atoms with van der Waals surface area (Å²) in [6.07, 6.45) is 0.862. The van der Waals surface area contributed by atoms with E-state index in [0.717, 1.165) is 0 Å². The van der Waals surface area contributed by atoms with Crippen molar-refractivity contribution in [2.45, 2.75) is 38.8 Å². The van der Waals surface area contributed by atoms with Gasteiger partial charge in [-0.1, -0.05) is 0 Å². The first-order chi connectivity index (χ1) is 9.04. The van der Waals surface area contributed by atoms with E-state index in [0.29, 0.717) is 25.2 Å². The summed E-state index contributed by atoms with van der Waals surface area (Å²) in [5.74, 6) is -1.23. The lowest BCUT2D eigenvalue weighted by Crippen LogP contribution is -2.39. The van der Waals surface area contributed by atoms with Gasteiger partial charge < -0.3 is 10.4 Å². The number of aromatic nitrogens is 4. The van der Waals surface area contributed by atoms with E-state index in [1.807, 2.05) is 6.07 Å². The normalized spacial score (nSPS) is 11.6. The van der Waals surface area contributed by atoms with Crippen LogP contribution in [0.1, 0.15) is 25.6 Å². The van der Waals surface area contributed by atoms with Crippen molar-refractivity contribution in [3.8, 4) is 6.07 Å². The zero-order valence-corrected chi connectivity index (χ0v) is 10.4. The number of amides is 1. The number of carboxylic acid groups (broad SMARTS) is 1. The maximum absolute atomic E-state index is 11.6. The molecule has 0 aromatic carbocycles. The van der Waals surface area contributed by atoms with Crippen LogP contribution in [0, 0.1) is 11.3 Å². The highest BCUT2D eigenvalue weighted by molar-refractivity contribution is 5.84. The molecule has 0 aliphatic rings. The van der Waals surface area contributed by atoms with Crippen LogP contribution in [-0.2, 0) is 22.6 Å². The molecule has 1 rings (SSSR count). The highest BCUT2D eigenvalue weighted by Crippen LogP contribution is 1.98. The molecule has 0 radical (unpaired) electrons. The molecule has 1 heterocycles. The molecule has 1 unspecified atom stereocenters. The molecule has 1 aromatic heterocycles. The van der Waals surface area contributed by atoms with E-state index in [1.54, 1.807) is 0 Å². The minimum absolute atomic E-state index is 0.100. The lowest BCUT2D eigenvalue weighted by atomic mass is 10.3. The number of carbonyl (C=O) groups is 2. The fourth-order valence-electron chi connectivity index (χ4n) is 1.33. The van der Waals surface area contributed by atoms with E-state index < -0.39 is 17.9 Å². The number of tetrazole rings is 1. The van der Waals surface area contributed by atoms with Gasteiger partial charge in [-0.25, -0.2) is 4.68 Å². The zero-order valence-electron chi connectivity index (χ0n) is 10.4. The summed E-state index contributed by atoms with van der Waals surface area (Å²) in [4.78, 5) is 22.2. The Morgan fingerprint density at radius 2 is 2.32 bits per heavy atom. The predicted molar refractivity (Wildman–Crippen MR) is 61.6 cm³/mol. The number of aryl methyl sites for hydroxylation is 1. The first-order valence-corrected chi connectivity index (χ1v) is 5.68. The molecular formula is C10H14N6O3. The summed E-state index contributed by atoms with van der Waals surface area (Å²) in [5.41, 5.74) is 0. The highest BCUT2D eigenvalue weighted by atomic mass is 16.4. The van der Waals surface area contributed by atoms with Crippen LogP contribution in [0.25, 0.3) is 0 Å². The molecule has 0 aliphatic carbocycles. The maximum atomic E-state index is 11.6. The zero-order chi connectivity index (χ0) is 14.3. The van der Waals surface area contributed by atoms with Gasteiger partial charge in [0.15, 0.2) is 5.82 Å². The van der Waals surface area contributed by atoms with Crippen LogP contribution >= 0.6 is 0 Å². The molecule has 1 amide bonds. The van der Waals surface area contributed by atoms with Crippen LogP contribution in [0.15, 0.2) is 0 Å². The molecule has 2 N–H and O–H groups in total. The van der Waals surface area contributed by atoms with Crippen LogP contribution in [0.5, 0.6) is 0 Å². The second kappa shape index (κ2) is 7.05. The summed E-state index contributed by atoms with van der Waals surface area (Å²) >= 11 is 0. The van der Waals surface area contributed by atoms with Gasteiger partial charge in [0.1, 0.15) is 6.04 Å². The van der Waals surface area contributed by atoms with Crippen molar-refractivity contribution >= 4 is 11.9 Å². The first-order valence-electron chi connectivity index (χ1n) is 5.68. The Kier molecular flexibility index (Phi) is 5.40. The van der Waals surface area contributed by atoms with E-state index in [4.69, 9.17) is 10.4 Å². The summed E-state index contributed by atoms with van der Waals surface area (Å²) in [6, 6.07) is 1.04. The van der Waals surface area contributed by atoms with E-state index in [9.17, 15) is 9.59 Å². The molecule has 0 spiro atoms. The summed E-state index contributed by atoms with van der Waals surface area (Å²) in [6.45, 7) is 1.81. The van der Waals surface area contributed by atoms with E-state index >= 15 is 0 Å². The largest absolute Gasteiger partial charge is 0.480 e. The number of hydrogen-bond donors (Lipinski definition) is 2. The average Bonchev–Trinajstić information content (AvgIpc) is 2.76. The molecule has 0 aliphatic heterocycles. The van der Waals surface area contributed by atoms with Crippen LogP contribution in [0.3, 0.4) is 0 Å². The summed E-state index contributed by atoms with van der Waals surface area (Å²) < 4.78 is 1.43. The van der Waals surface area contributed by atoms with Crippen molar-refractivity contribution < 1.29 is 14.7 Å². The van der Waals surface area contributed by atoms with Gasteiger partial charge in [-0.3, -0.25) is 9.59 Å². The minimum atomic E-state index is -1.11. The van der Waals surface area contributed by atoms with Gasteiger partial charge in [-0.2, -0.15) is 5.26 Å². The second-order valence-corrected chi connectivity index (χ2v) is 3.88. The van der Waals surface area contributed by atoms with Gasteiger partial charge in [-0.15, -0.1) is 5.10 Å². The second-order valence-electron chi connectivity index (χ2n) is 3.88. The molecule has 9 nitrogen and oxygen atoms in total. The molecule has 9 heteroatoms. The number of hydrogen-bond acceptors (Lipinski definition) is 6. The molecule has 19 heavy (non-hydrogen) atoms. The topological polar surface area (TPSA) is 134 Å². The first kappa shape index (κ1) is 14.6. The van der Waals surface area contributed by atoms with Gasteiger partial charge in [0.2, 0.25) is 5.91 Å². The van der Waals surface area contributed by atoms with Gasteiger partial charge in [0.25, 0.3) is 0 Å². The number of nitrogens with zero attached hydrogens (tertiary/aromatic N) is 5. The Labute approximate surface area is 109 Å². The molecule has 0 bridgehead atoms. The van der Waals surface area contributed by atoms with Gasteiger partial charge >= 0.3 is 5.97 Å². The smallest absolute Gasteiger partial charge is 0.325 e. The Morgan fingerprint density at radius 3 is 2.95 bits per heavy atom. The predicted octanol–water partition coefficient (Wildman–Crippen LogP) is -0.891. The lowest BCUT2D eigenvalue weighted by molar-refractivity contribution is -0.141. The van der Waals surface area contributed by atoms with Crippen molar-refractivity contribution in [2.24, 2.45) is 0 Å². The number of carbonyl (C=O) groups excluding carboxylic acids is 1. The van der Waals surface area contributed by atoms with E-state index in [-0.39, 0.29) is 6.42 Å². The molecule has 0 fully saturated rings. The van der Waals surface area contributed by atoms with Gasteiger partial charge in [-0.05, 0) is 23.8 Å². The van der Waals surface area contributed by atoms with Crippen LogP contribution in [-0.4, -0.2) is 43.2 Å². The molecule has 102 valence electrons. The van der Waals surface area contributed by atoms with Crippen LogP contribution < -0.4 is 5.32 Å². The highest BCUT2D eigenvalue weighted by Gasteiger charge is 2.16. The Hall–Kier alpha value is -2.50. The third-order valence-corrected chi connectivity index (χ3v) is 2.33. The van der Waals surface area contributed by atoms with E-state index in [1.165, 1.54) is 11.6 Å². The van der Waals surface area contributed by atoms with Crippen molar-refractivity contribution in [2.75, 3.05) is 0 Å². The number of carboxylic acids is 1. The quantitative estimate of drug-likeness (QED) is 0.611. The minimum Gasteiger partial charge on any atom is -0.480 e. The SMILES string of the molecule is CC(NC(=O)Cc1nnnn1CCCC#N)C(=O)O. The van der Waals surface area contributed by atoms with Crippen molar-refractivity contribution in [3.05, 3.63) is 5.82 Å². The third-order valence-electron chi connectivity index (χ3n) is 2.33. The summed E-state index contributed by atoms with van der Waals surface area (Å²) in [5, 5.41) is 30.3. The van der Waals surface area contributed by atoms with Crippen molar-refractivity contribution in [1.82, 2.24) is 25.5 Å². The standard InChI is InChI=1S/C10H14N6O3/c1-7(10(18)19)12-9(17)6-8-13-14-15-16(8)5-3-2-4-11/h7H,2-3,5-6H2,1H3,(H,12,17)(H,18,19). The Morgan fingerprint density at radius 1 is 1.58 bits per heavy atom. The van der Waals surface area contributed by atoms with E-state index in [2.05, 4.69) is 20.8 Å². The fourth-order valence-corrected chi connectivity index (χ4v) is 1.33. The number of nitrogens with one attached hydrogen (secondary N) is 1. The van der Waals surface area contributed by atoms with Gasteiger partial charge in [0.05, 0.1) is 12.5 Å². The molecule has 0 saturated carbocycles. The molecular weight excluding hydrogens is 252 g/mol. The molecule has 1 aromatic rings. The number of nitriles is 1. The fraction of sp³-hybridized carbons (Fsp3) is 0.600. The Bertz CT molecular complexity index is 492. The average molecular weight is 266 g/mol. The van der Waals surface area contributed by atoms with Crippen molar-refractivity contribution in [3.63, 3.8) is 0 Å². The maximum Gasteiger partial charge on any atom is 0.325 e. The number of rotatable bonds is 7. The molecule has 1 atom stereocenters. The molecule has 0 saturated heterocycles. The number of unbranched alkanes of at least 4 members (excludes halogenated alkanes) is 1. The van der Waals surface area contributed by atoms with Gasteiger partial charge in [0, 0.05) is 13.0 Å². The number of aliphatic carboxylic acids is 1.